The van der Waals surface area contributed by atoms with Gasteiger partial charge in [-0.15, -0.1) is 0 Å². The van der Waals surface area contributed by atoms with Crippen molar-refractivity contribution in [2.45, 2.75) is 38.8 Å². The minimum atomic E-state index is -0.885. The Balaban J connectivity index is 4.25. The molecule has 0 aliphatic heterocycles. The molecule has 2 N–H and O–H groups in total. The van der Waals surface area contributed by atoms with Gasteiger partial charge in [0.05, 0.1) is 0 Å². The van der Waals surface area contributed by atoms with Crippen LogP contribution in [-0.2, 0) is 9.53 Å². The highest BCUT2D eigenvalue weighted by Crippen LogP contribution is 2.11. The summed E-state index contributed by atoms with van der Waals surface area (Å²) in [5, 5.41) is 12.0. The summed E-state index contributed by atoms with van der Waals surface area (Å²) in [6.07, 6.45) is 0.469. The second-order valence-electron chi connectivity index (χ2n) is 3.68. The average Bonchev–Trinajstić information content (AvgIpc) is 1.99. The molecule has 0 aromatic carbocycles. The Bertz CT molecular complexity index is 170. The molecule has 0 saturated heterocycles. The molecule has 0 spiro atoms. The van der Waals surface area contributed by atoms with E-state index in [-0.39, 0.29) is 6.04 Å². The summed E-state index contributed by atoms with van der Waals surface area (Å²) in [7, 11) is 1.57. The molecule has 0 radical (unpaired) electrons. The standard InChI is InChI=1S/C9H19NO3/c1-7(2)10-9(3,8(11)12)5-6-13-4/h7,10H,5-6H2,1-4H3,(H,11,12). The second-order valence-corrected chi connectivity index (χ2v) is 3.68. The van der Waals surface area contributed by atoms with Crippen LogP contribution in [0.25, 0.3) is 0 Å². The molecule has 1 atom stereocenters. The van der Waals surface area contributed by atoms with Crippen LogP contribution in [-0.4, -0.2) is 36.4 Å². The van der Waals surface area contributed by atoms with Gasteiger partial charge in [0.15, 0.2) is 0 Å². The molecular formula is C9H19NO3. The molecule has 0 amide bonds. The van der Waals surface area contributed by atoms with E-state index in [1.165, 1.54) is 0 Å². The first-order valence-electron chi connectivity index (χ1n) is 4.42. The van der Waals surface area contributed by atoms with E-state index >= 15 is 0 Å². The fraction of sp³-hybridized carbons (Fsp3) is 0.889. The molecule has 0 aliphatic carbocycles. The monoisotopic (exact) mass is 189 g/mol. The van der Waals surface area contributed by atoms with Gasteiger partial charge in [0.25, 0.3) is 0 Å². The molecule has 1 unspecified atom stereocenters. The zero-order chi connectivity index (χ0) is 10.5. The molecule has 0 bridgehead atoms. The number of carbonyl (C=O) groups is 1. The molecule has 0 rings (SSSR count). The topological polar surface area (TPSA) is 58.6 Å². The highest BCUT2D eigenvalue weighted by atomic mass is 16.5. The normalized spacial score (nSPS) is 15.8. The molecule has 0 saturated carbocycles. The fourth-order valence-electron chi connectivity index (χ4n) is 1.18. The second kappa shape index (κ2) is 5.19. The summed E-state index contributed by atoms with van der Waals surface area (Å²) in [5.74, 6) is -0.835. The predicted octanol–water partition coefficient (Wildman–Crippen LogP) is 0.864. The van der Waals surface area contributed by atoms with Gasteiger partial charge in [-0.1, -0.05) is 0 Å². The molecule has 13 heavy (non-hydrogen) atoms. The van der Waals surface area contributed by atoms with Crippen LogP contribution in [0.1, 0.15) is 27.2 Å². The number of rotatable bonds is 6. The van der Waals surface area contributed by atoms with Crippen LogP contribution in [0.15, 0.2) is 0 Å². The Kier molecular flexibility index (Phi) is 4.95. The molecule has 0 aromatic rings. The van der Waals surface area contributed by atoms with E-state index in [1.807, 2.05) is 13.8 Å². The Morgan fingerprint density at radius 2 is 2.15 bits per heavy atom. The number of aliphatic carboxylic acids is 1. The Morgan fingerprint density at radius 3 is 2.46 bits per heavy atom. The van der Waals surface area contributed by atoms with E-state index in [1.54, 1.807) is 14.0 Å². The van der Waals surface area contributed by atoms with Crippen LogP contribution in [0.3, 0.4) is 0 Å². The van der Waals surface area contributed by atoms with Crippen LogP contribution in [0.4, 0.5) is 0 Å². The van der Waals surface area contributed by atoms with E-state index < -0.39 is 11.5 Å². The lowest BCUT2D eigenvalue weighted by molar-refractivity contribution is -0.145. The molecule has 0 aliphatic rings. The maximum atomic E-state index is 10.9. The number of hydrogen-bond donors (Lipinski definition) is 2. The van der Waals surface area contributed by atoms with Crippen molar-refractivity contribution in [1.82, 2.24) is 5.32 Å². The van der Waals surface area contributed by atoms with Crippen molar-refractivity contribution in [3.8, 4) is 0 Å². The Hall–Kier alpha value is -0.610. The van der Waals surface area contributed by atoms with Crippen LogP contribution >= 0.6 is 0 Å². The van der Waals surface area contributed by atoms with Gasteiger partial charge in [0.2, 0.25) is 0 Å². The van der Waals surface area contributed by atoms with E-state index in [4.69, 9.17) is 9.84 Å². The van der Waals surface area contributed by atoms with Gasteiger partial charge in [0, 0.05) is 19.8 Å². The molecule has 78 valence electrons. The smallest absolute Gasteiger partial charge is 0.323 e. The molecule has 0 aromatic heterocycles. The van der Waals surface area contributed by atoms with Crippen molar-refractivity contribution in [2.75, 3.05) is 13.7 Å². The zero-order valence-electron chi connectivity index (χ0n) is 8.76. The van der Waals surface area contributed by atoms with Gasteiger partial charge < -0.3 is 9.84 Å². The number of methoxy groups -OCH3 is 1. The third-order valence-electron chi connectivity index (χ3n) is 1.89. The van der Waals surface area contributed by atoms with E-state index in [0.717, 1.165) is 0 Å². The first-order valence-corrected chi connectivity index (χ1v) is 4.42. The maximum absolute atomic E-state index is 10.9. The van der Waals surface area contributed by atoms with Gasteiger partial charge in [-0.3, -0.25) is 10.1 Å². The van der Waals surface area contributed by atoms with Crippen LogP contribution in [0, 0.1) is 0 Å². The van der Waals surface area contributed by atoms with Crippen LogP contribution < -0.4 is 5.32 Å². The minimum Gasteiger partial charge on any atom is -0.480 e. The van der Waals surface area contributed by atoms with Crippen molar-refractivity contribution >= 4 is 5.97 Å². The van der Waals surface area contributed by atoms with E-state index in [0.29, 0.717) is 13.0 Å². The number of ether oxygens (including phenoxy) is 1. The molecule has 4 heteroatoms. The predicted molar refractivity (Wildman–Crippen MR) is 50.8 cm³/mol. The van der Waals surface area contributed by atoms with Crippen LogP contribution in [0.2, 0.25) is 0 Å². The number of nitrogens with one attached hydrogen (secondary N) is 1. The Labute approximate surface area is 79.3 Å². The molecular weight excluding hydrogens is 170 g/mol. The van der Waals surface area contributed by atoms with Crippen molar-refractivity contribution in [3.63, 3.8) is 0 Å². The summed E-state index contributed by atoms with van der Waals surface area (Å²) in [4.78, 5) is 10.9. The zero-order valence-corrected chi connectivity index (χ0v) is 8.76. The van der Waals surface area contributed by atoms with E-state index in [9.17, 15) is 4.79 Å². The first-order chi connectivity index (χ1) is 5.92. The third kappa shape index (κ3) is 4.24. The summed E-state index contributed by atoms with van der Waals surface area (Å²) in [6, 6.07) is 0.151. The summed E-state index contributed by atoms with van der Waals surface area (Å²) >= 11 is 0. The van der Waals surface area contributed by atoms with Crippen molar-refractivity contribution < 1.29 is 14.6 Å². The van der Waals surface area contributed by atoms with Gasteiger partial charge in [0.1, 0.15) is 5.54 Å². The summed E-state index contributed by atoms with van der Waals surface area (Å²) in [6.45, 7) is 5.97. The largest absolute Gasteiger partial charge is 0.480 e. The highest BCUT2D eigenvalue weighted by molar-refractivity contribution is 5.78. The maximum Gasteiger partial charge on any atom is 0.323 e. The first kappa shape index (κ1) is 12.4. The van der Waals surface area contributed by atoms with Crippen molar-refractivity contribution in [3.05, 3.63) is 0 Å². The number of carboxylic acids is 1. The van der Waals surface area contributed by atoms with Gasteiger partial charge in [-0.25, -0.2) is 0 Å². The van der Waals surface area contributed by atoms with Crippen molar-refractivity contribution in [2.24, 2.45) is 0 Å². The minimum absolute atomic E-state index is 0.151. The van der Waals surface area contributed by atoms with Gasteiger partial charge in [-0.2, -0.15) is 0 Å². The van der Waals surface area contributed by atoms with E-state index in [2.05, 4.69) is 5.32 Å². The van der Waals surface area contributed by atoms with Crippen LogP contribution in [0.5, 0.6) is 0 Å². The number of carboxylic acid groups (broad SMARTS) is 1. The highest BCUT2D eigenvalue weighted by Gasteiger charge is 2.32. The van der Waals surface area contributed by atoms with Gasteiger partial charge in [-0.05, 0) is 27.2 Å². The lowest BCUT2D eigenvalue weighted by Gasteiger charge is -2.28. The number of hydrogen-bond acceptors (Lipinski definition) is 3. The SMILES string of the molecule is COCCC(C)(NC(C)C)C(=O)O. The molecule has 4 nitrogen and oxygen atoms in total. The summed E-state index contributed by atoms with van der Waals surface area (Å²) < 4.78 is 4.87. The average molecular weight is 189 g/mol. The fourth-order valence-corrected chi connectivity index (χ4v) is 1.18. The van der Waals surface area contributed by atoms with Crippen molar-refractivity contribution in [1.29, 1.82) is 0 Å². The summed E-state index contributed by atoms with van der Waals surface area (Å²) in [5.41, 5.74) is -0.885. The lowest BCUT2D eigenvalue weighted by atomic mass is 9.97. The quantitative estimate of drug-likeness (QED) is 0.650. The molecule has 0 fully saturated rings. The molecule has 0 heterocycles. The Morgan fingerprint density at radius 1 is 1.62 bits per heavy atom. The third-order valence-corrected chi connectivity index (χ3v) is 1.89. The lowest BCUT2D eigenvalue weighted by Crippen LogP contribution is -2.52. The van der Waals surface area contributed by atoms with Gasteiger partial charge >= 0.3 is 5.97 Å².